The third kappa shape index (κ3) is 3.74. The molecule has 1 aromatic rings. The maximum atomic E-state index is 6.25. The molecule has 2 atom stereocenters. The van der Waals surface area contributed by atoms with Gasteiger partial charge in [-0.15, -0.1) is 0 Å². The third-order valence-corrected chi connectivity index (χ3v) is 7.91. The molecule has 0 heterocycles. The monoisotopic (exact) mass is 405 g/mol. The zero-order chi connectivity index (χ0) is 15.8. The van der Waals surface area contributed by atoms with Crippen molar-refractivity contribution in [3.63, 3.8) is 0 Å². The first-order chi connectivity index (χ1) is 9.78. The quantitative estimate of drug-likeness (QED) is 0.316. The van der Waals surface area contributed by atoms with Gasteiger partial charge in [0, 0.05) is 5.54 Å². The summed E-state index contributed by atoms with van der Waals surface area (Å²) in [5, 5.41) is 1.33. The van der Waals surface area contributed by atoms with Crippen LogP contribution in [0, 0.1) is 5.92 Å². The lowest BCUT2D eigenvalue weighted by atomic mass is 9.76. The first kappa shape index (κ1) is 18.3. The summed E-state index contributed by atoms with van der Waals surface area (Å²) in [4.78, 5) is 0.622. The van der Waals surface area contributed by atoms with Crippen LogP contribution in [0.2, 0.25) is 25.1 Å². The molecule has 7 heteroatoms. The molecule has 2 unspecified atom stereocenters. The molecule has 1 aliphatic rings. The second-order valence-corrected chi connectivity index (χ2v) is 8.37. The lowest BCUT2D eigenvalue weighted by Gasteiger charge is -2.40. The van der Waals surface area contributed by atoms with Gasteiger partial charge in [0.2, 0.25) is 0 Å². The van der Waals surface area contributed by atoms with Crippen molar-refractivity contribution in [2.24, 2.45) is 5.92 Å². The average molecular weight is 408 g/mol. The standard InChI is InChI=1S/C14H16Cl5NS/c1-7-5-3-4-6-14(7,2)20-21-13-11(18)9(16)8(15)10(17)12(13)19/h7,20H,3-6H2,1-2H3. The lowest BCUT2D eigenvalue weighted by molar-refractivity contribution is 0.209. The van der Waals surface area contributed by atoms with Crippen molar-refractivity contribution in [2.45, 2.75) is 50.0 Å². The van der Waals surface area contributed by atoms with Crippen molar-refractivity contribution < 1.29 is 0 Å². The maximum absolute atomic E-state index is 6.25. The molecule has 0 bridgehead atoms. The van der Waals surface area contributed by atoms with Crippen LogP contribution in [0.25, 0.3) is 0 Å². The largest absolute Gasteiger partial charge is 0.254 e. The zero-order valence-corrected chi connectivity index (χ0v) is 16.3. The Morgan fingerprint density at radius 2 is 1.48 bits per heavy atom. The summed E-state index contributed by atoms with van der Waals surface area (Å²) in [5.41, 5.74) is 0.0359. The van der Waals surface area contributed by atoms with Crippen molar-refractivity contribution in [1.29, 1.82) is 0 Å². The van der Waals surface area contributed by atoms with Gasteiger partial charge in [-0.3, -0.25) is 4.72 Å². The van der Waals surface area contributed by atoms with E-state index < -0.39 is 0 Å². The zero-order valence-electron chi connectivity index (χ0n) is 11.7. The second kappa shape index (κ2) is 7.25. The normalized spacial score (nSPS) is 26.1. The lowest BCUT2D eigenvalue weighted by Crippen LogP contribution is -2.46. The van der Waals surface area contributed by atoms with Gasteiger partial charge in [-0.25, -0.2) is 0 Å². The minimum absolute atomic E-state index is 0.0359. The fraction of sp³-hybridized carbons (Fsp3) is 0.571. The van der Waals surface area contributed by atoms with Gasteiger partial charge < -0.3 is 0 Å². The number of nitrogens with one attached hydrogen (secondary N) is 1. The van der Waals surface area contributed by atoms with Gasteiger partial charge in [0.1, 0.15) is 0 Å². The minimum atomic E-state index is 0.0359. The molecule has 1 N–H and O–H groups in total. The number of hydrogen-bond donors (Lipinski definition) is 1. The topological polar surface area (TPSA) is 12.0 Å². The van der Waals surface area contributed by atoms with E-state index in [1.165, 1.54) is 31.2 Å². The average Bonchev–Trinajstić information content (AvgIpc) is 2.46. The molecule has 21 heavy (non-hydrogen) atoms. The summed E-state index contributed by atoms with van der Waals surface area (Å²) in [6.07, 6.45) is 4.83. The van der Waals surface area contributed by atoms with E-state index in [0.717, 1.165) is 6.42 Å². The Morgan fingerprint density at radius 3 is 2.00 bits per heavy atom. The molecule has 0 radical (unpaired) electrons. The predicted molar refractivity (Wildman–Crippen MR) is 96.5 cm³/mol. The van der Waals surface area contributed by atoms with Gasteiger partial charge in [-0.05, 0) is 37.6 Å². The van der Waals surface area contributed by atoms with E-state index in [9.17, 15) is 0 Å². The van der Waals surface area contributed by atoms with E-state index in [2.05, 4.69) is 18.6 Å². The highest BCUT2D eigenvalue weighted by molar-refractivity contribution is 7.97. The molecule has 0 saturated heterocycles. The van der Waals surface area contributed by atoms with Crippen LogP contribution in [-0.2, 0) is 0 Å². The fourth-order valence-corrected chi connectivity index (χ4v) is 5.01. The van der Waals surface area contributed by atoms with Gasteiger partial charge in [0.15, 0.2) is 0 Å². The summed E-state index contributed by atoms with van der Waals surface area (Å²) in [6, 6.07) is 0. The molecular weight excluding hydrogens is 391 g/mol. The van der Waals surface area contributed by atoms with E-state index in [0.29, 0.717) is 20.9 Å². The fourth-order valence-electron chi connectivity index (χ4n) is 2.50. The van der Waals surface area contributed by atoms with E-state index >= 15 is 0 Å². The van der Waals surface area contributed by atoms with Crippen molar-refractivity contribution in [3.05, 3.63) is 25.1 Å². The van der Waals surface area contributed by atoms with Gasteiger partial charge in [0.25, 0.3) is 0 Å². The molecule has 1 saturated carbocycles. The highest BCUT2D eigenvalue weighted by Crippen LogP contribution is 2.48. The van der Waals surface area contributed by atoms with Crippen LogP contribution < -0.4 is 4.72 Å². The van der Waals surface area contributed by atoms with Crippen LogP contribution in [0.4, 0.5) is 0 Å². The SMILES string of the molecule is CC1CCCCC1(C)NSc1c(Cl)c(Cl)c(Cl)c(Cl)c1Cl. The van der Waals surface area contributed by atoms with Crippen LogP contribution in [0.1, 0.15) is 39.5 Å². The predicted octanol–water partition coefficient (Wildman–Crippen LogP) is 7.52. The highest BCUT2D eigenvalue weighted by Gasteiger charge is 2.34. The van der Waals surface area contributed by atoms with Crippen molar-refractivity contribution >= 4 is 70.0 Å². The summed E-state index contributed by atoms with van der Waals surface area (Å²) in [5.74, 6) is 0.578. The summed E-state index contributed by atoms with van der Waals surface area (Å²) in [6.45, 7) is 4.49. The Hall–Kier alpha value is 0.980. The minimum Gasteiger partial charge on any atom is -0.254 e. The van der Waals surface area contributed by atoms with Crippen molar-refractivity contribution in [1.82, 2.24) is 4.72 Å². The van der Waals surface area contributed by atoms with Crippen molar-refractivity contribution in [3.8, 4) is 0 Å². The van der Waals surface area contributed by atoms with Crippen LogP contribution in [0.5, 0.6) is 0 Å². The van der Waals surface area contributed by atoms with E-state index in [4.69, 9.17) is 58.0 Å². The number of halogens is 5. The number of benzene rings is 1. The Balaban J connectivity index is 2.24. The molecule has 118 valence electrons. The molecule has 1 nitrogen and oxygen atoms in total. The smallest absolute Gasteiger partial charge is 0.0809 e. The molecule has 0 aliphatic heterocycles. The number of hydrogen-bond acceptors (Lipinski definition) is 2. The van der Waals surface area contributed by atoms with E-state index in [1.807, 2.05) is 0 Å². The molecule has 0 amide bonds. The second-order valence-electron chi connectivity index (χ2n) is 5.67. The summed E-state index contributed by atoms with van der Waals surface area (Å²) >= 11 is 32.1. The first-order valence-corrected chi connectivity index (χ1v) is 9.44. The Morgan fingerprint density at radius 1 is 0.952 bits per heavy atom. The molecular formula is C14H16Cl5NS. The Kier molecular flexibility index (Phi) is 6.33. The van der Waals surface area contributed by atoms with E-state index in [1.54, 1.807) is 0 Å². The van der Waals surface area contributed by atoms with Crippen LogP contribution in [-0.4, -0.2) is 5.54 Å². The highest BCUT2D eigenvalue weighted by atomic mass is 35.5. The van der Waals surface area contributed by atoms with E-state index in [-0.39, 0.29) is 20.6 Å². The molecule has 2 rings (SSSR count). The van der Waals surface area contributed by atoms with Crippen LogP contribution in [0.15, 0.2) is 4.90 Å². The summed E-state index contributed by atoms with van der Waals surface area (Å²) in [7, 11) is 0. The molecule has 1 aromatic carbocycles. The Bertz CT molecular complexity index is 522. The van der Waals surface area contributed by atoms with Crippen LogP contribution in [0.3, 0.4) is 0 Å². The van der Waals surface area contributed by atoms with Crippen molar-refractivity contribution in [2.75, 3.05) is 0 Å². The molecule has 1 aliphatic carbocycles. The maximum Gasteiger partial charge on any atom is 0.0809 e. The summed E-state index contributed by atoms with van der Waals surface area (Å²) < 4.78 is 3.51. The molecule has 1 fully saturated rings. The number of rotatable bonds is 3. The van der Waals surface area contributed by atoms with Gasteiger partial charge in [-0.2, -0.15) is 0 Å². The molecule has 0 aromatic heterocycles. The molecule has 0 spiro atoms. The third-order valence-electron chi connectivity index (χ3n) is 4.23. The Labute approximate surface area is 155 Å². The van der Waals surface area contributed by atoms with Crippen LogP contribution >= 0.6 is 70.0 Å². The van der Waals surface area contributed by atoms with Gasteiger partial charge in [-0.1, -0.05) is 77.8 Å². The van der Waals surface area contributed by atoms with Gasteiger partial charge >= 0.3 is 0 Å². The van der Waals surface area contributed by atoms with Gasteiger partial charge in [0.05, 0.1) is 30.0 Å². The first-order valence-electron chi connectivity index (χ1n) is 6.73.